The van der Waals surface area contributed by atoms with E-state index in [-0.39, 0.29) is 0 Å². The van der Waals surface area contributed by atoms with Gasteiger partial charge in [-0.05, 0) is 48.1 Å². The molecular weight excluding hydrogens is 188 g/mol. The fourth-order valence-corrected chi connectivity index (χ4v) is 2.43. The van der Waals surface area contributed by atoms with Gasteiger partial charge in [0, 0.05) is 5.38 Å². The fourth-order valence-electron chi connectivity index (χ4n) is 1.45. The molecule has 0 N–H and O–H groups in total. The summed E-state index contributed by atoms with van der Waals surface area (Å²) in [5.74, 6) is 0.701. The van der Waals surface area contributed by atoms with Crippen LogP contribution in [-0.2, 0) is 6.42 Å². The number of rotatable bonds is 4. The van der Waals surface area contributed by atoms with E-state index in [0.29, 0.717) is 11.3 Å². The molecule has 0 saturated heterocycles. The van der Waals surface area contributed by atoms with Crippen LogP contribution < -0.4 is 0 Å². The molecule has 1 rings (SSSR count). The van der Waals surface area contributed by atoms with Crippen LogP contribution in [0, 0.1) is 5.92 Å². The topological polar surface area (TPSA) is 0 Å². The Morgan fingerprint density at radius 1 is 1.50 bits per heavy atom. The van der Waals surface area contributed by atoms with Gasteiger partial charge in [0.2, 0.25) is 0 Å². The Morgan fingerprint density at radius 3 is 2.75 bits per heavy atom. The molecule has 0 aromatic carbocycles. The fraction of sp³-hybridized carbons (Fsp3) is 0.600. The molecular formula is C10H15ClS. The summed E-state index contributed by atoms with van der Waals surface area (Å²) in [6.45, 7) is 4.32. The van der Waals surface area contributed by atoms with Crippen molar-refractivity contribution in [2.45, 2.75) is 32.1 Å². The summed E-state index contributed by atoms with van der Waals surface area (Å²) in [4.78, 5) is 0. The summed E-state index contributed by atoms with van der Waals surface area (Å²) >= 11 is 7.68. The molecule has 0 spiro atoms. The Labute approximate surface area is 83.6 Å². The van der Waals surface area contributed by atoms with Crippen LogP contribution in [0.1, 0.15) is 25.8 Å². The van der Waals surface area contributed by atoms with E-state index in [1.165, 1.54) is 12.0 Å². The van der Waals surface area contributed by atoms with Crippen molar-refractivity contribution in [2.75, 3.05) is 0 Å². The zero-order valence-corrected chi connectivity index (χ0v) is 9.16. The van der Waals surface area contributed by atoms with Crippen molar-refractivity contribution < 1.29 is 0 Å². The maximum atomic E-state index is 5.92. The van der Waals surface area contributed by atoms with Crippen LogP contribution >= 0.6 is 22.9 Å². The van der Waals surface area contributed by atoms with E-state index in [1.807, 2.05) is 0 Å². The van der Waals surface area contributed by atoms with Gasteiger partial charge in [0.05, 0.1) is 0 Å². The molecule has 0 bridgehead atoms. The lowest BCUT2D eigenvalue weighted by Gasteiger charge is -2.11. The van der Waals surface area contributed by atoms with Gasteiger partial charge in [0.25, 0.3) is 0 Å². The lowest BCUT2D eigenvalue weighted by Crippen LogP contribution is -2.04. The van der Waals surface area contributed by atoms with Crippen molar-refractivity contribution >= 4 is 22.9 Å². The first kappa shape index (κ1) is 10.1. The van der Waals surface area contributed by atoms with Gasteiger partial charge in [0.15, 0.2) is 0 Å². The SMILES string of the molecule is CC(Cl)CC(C)Cc1ccsc1. The van der Waals surface area contributed by atoms with E-state index in [9.17, 15) is 0 Å². The summed E-state index contributed by atoms with van der Waals surface area (Å²) in [5.41, 5.74) is 1.45. The third kappa shape index (κ3) is 3.59. The molecule has 0 aliphatic carbocycles. The zero-order chi connectivity index (χ0) is 8.97. The van der Waals surface area contributed by atoms with E-state index in [0.717, 1.165) is 6.42 Å². The highest BCUT2D eigenvalue weighted by atomic mass is 35.5. The lowest BCUT2D eigenvalue weighted by molar-refractivity contribution is 0.527. The second-order valence-electron chi connectivity index (χ2n) is 3.46. The van der Waals surface area contributed by atoms with Gasteiger partial charge >= 0.3 is 0 Å². The van der Waals surface area contributed by atoms with Gasteiger partial charge < -0.3 is 0 Å². The molecule has 1 aromatic rings. The standard InChI is InChI=1S/C10H15ClS/c1-8(5-9(2)11)6-10-3-4-12-7-10/h3-4,7-9H,5-6H2,1-2H3. The number of halogens is 1. The molecule has 2 heteroatoms. The molecule has 0 fully saturated rings. The summed E-state index contributed by atoms with van der Waals surface area (Å²) < 4.78 is 0. The minimum absolute atomic E-state index is 0.304. The van der Waals surface area contributed by atoms with E-state index >= 15 is 0 Å². The minimum atomic E-state index is 0.304. The Balaban J connectivity index is 2.32. The van der Waals surface area contributed by atoms with Crippen LogP contribution in [0.2, 0.25) is 0 Å². The number of hydrogen-bond donors (Lipinski definition) is 0. The highest BCUT2D eigenvalue weighted by Crippen LogP contribution is 2.17. The summed E-state index contributed by atoms with van der Waals surface area (Å²) in [5, 5.41) is 4.65. The maximum Gasteiger partial charge on any atom is 0.0310 e. The highest BCUT2D eigenvalue weighted by Gasteiger charge is 2.07. The third-order valence-corrected chi connectivity index (χ3v) is 2.80. The van der Waals surface area contributed by atoms with Crippen LogP contribution in [0.3, 0.4) is 0 Å². The average molecular weight is 203 g/mol. The van der Waals surface area contributed by atoms with Gasteiger partial charge in [-0.3, -0.25) is 0 Å². The van der Waals surface area contributed by atoms with Crippen molar-refractivity contribution in [1.29, 1.82) is 0 Å². The smallest absolute Gasteiger partial charge is 0.0310 e. The summed E-state index contributed by atoms with van der Waals surface area (Å²) in [6, 6.07) is 2.19. The summed E-state index contributed by atoms with van der Waals surface area (Å²) in [7, 11) is 0. The normalized spacial score (nSPS) is 15.9. The van der Waals surface area contributed by atoms with Crippen LogP contribution in [0.15, 0.2) is 16.8 Å². The predicted octanol–water partition coefficient (Wildman–Crippen LogP) is 3.94. The third-order valence-electron chi connectivity index (χ3n) is 1.89. The van der Waals surface area contributed by atoms with Crippen LogP contribution in [0.4, 0.5) is 0 Å². The quantitative estimate of drug-likeness (QED) is 0.649. The molecule has 0 radical (unpaired) electrons. The van der Waals surface area contributed by atoms with Crippen molar-refractivity contribution in [3.8, 4) is 0 Å². The Hall–Kier alpha value is -0.0100. The van der Waals surface area contributed by atoms with Crippen LogP contribution in [0.25, 0.3) is 0 Å². The Morgan fingerprint density at radius 2 is 2.25 bits per heavy atom. The average Bonchev–Trinajstić information content (AvgIpc) is 2.37. The first-order valence-corrected chi connectivity index (χ1v) is 5.71. The Bertz CT molecular complexity index is 204. The number of alkyl halides is 1. The van der Waals surface area contributed by atoms with Gasteiger partial charge in [-0.1, -0.05) is 6.92 Å². The number of thiophene rings is 1. The minimum Gasteiger partial charge on any atom is -0.152 e. The van der Waals surface area contributed by atoms with E-state index in [2.05, 4.69) is 30.7 Å². The first-order chi connectivity index (χ1) is 5.68. The predicted molar refractivity (Wildman–Crippen MR) is 57.1 cm³/mol. The van der Waals surface area contributed by atoms with Crippen LogP contribution in [0.5, 0.6) is 0 Å². The maximum absolute atomic E-state index is 5.92. The Kier molecular flexibility index (Phi) is 4.10. The highest BCUT2D eigenvalue weighted by molar-refractivity contribution is 7.07. The van der Waals surface area contributed by atoms with Crippen molar-refractivity contribution in [3.63, 3.8) is 0 Å². The molecule has 1 heterocycles. The number of hydrogen-bond acceptors (Lipinski definition) is 1. The first-order valence-electron chi connectivity index (χ1n) is 4.33. The monoisotopic (exact) mass is 202 g/mol. The van der Waals surface area contributed by atoms with Gasteiger partial charge in [0.1, 0.15) is 0 Å². The molecule has 68 valence electrons. The summed E-state index contributed by atoms with van der Waals surface area (Å²) in [6.07, 6.45) is 2.28. The van der Waals surface area contributed by atoms with E-state index in [1.54, 1.807) is 11.3 Å². The molecule has 0 aliphatic heterocycles. The molecule has 2 unspecified atom stereocenters. The molecule has 12 heavy (non-hydrogen) atoms. The van der Waals surface area contributed by atoms with Gasteiger partial charge in [-0.25, -0.2) is 0 Å². The van der Waals surface area contributed by atoms with E-state index < -0.39 is 0 Å². The molecule has 2 atom stereocenters. The molecule has 0 saturated carbocycles. The van der Waals surface area contributed by atoms with Crippen molar-refractivity contribution in [2.24, 2.45) is 5.92 Å². The molecule has 0 aliphatic rings. The van der Waals surface area contributed by atoms with Gasteiger partial charge in [-0.15, -0.1) is 11.6 Å². The molecule has 0 nitrogen and oxygen atoms in total. The van der Waals surface area contributed by atoms with Crippen molar-refractivity contribution in [1.82, 2.24) is 0 Å². The lowest BCUT2D eigenvalue weighted by atomic mass is 9.99. The molecule has 1 aromatic heterocycles. The van der Waals surface area contributed by atoms with Crippen LogP contribution in [-0.4, -0.2) is 5.38 Å². The van der Waals surface area contributed by atoms with Crippen molar-refractivity contribution in [3.05, 3.63) is 22.4 Å². The van der Waals surface area contributed by atoms with E-state index in [4.69, 9.17) is 11.6 Å². The zero-order valence-electron chi connectivity index (χ0n) is 7.59. The largest absolute Gasteiger partial charge is 0.152 e. The molecule has 0 amide bonds. The second kappa shape index (κ2) is 4.88. The van der Waals surface area contributed by atoms with Gasteiger partial charge in [-0.2, -0.15) is 11.3 Å². The second-order valence-corrected chi connectivity index (χ2v) is 4.98.